The highest BCUT2D eigenvalue weighted by Crippen LogP contribution is 2.49. The van der Waals surface area contributed by atoms with Crippen LogP contribution in [0.2, 0.25) is 0 Å². The third-order valence-corrected chi connectivity index (χ3v) is 8.68. The number of nitrogens with zero attached hydrogens (tertiary/aromatic N) is 1. The molecule has 2 atom stereocenters. The van der Waals surface area contributed by atoms with E-state index in [4.69, 9.17) is 24.7 Å². The van der Waals surface area contributed by atoms with Gasteiger partial charge in [-0.15, -0.1) is 0 Å². The van der Waals surface area contributed by atoms with Crippen LogP contribution in [0.4, 0.5) is 0 Å². The van der Waals surface area contributed by atoms with Crippen LogP contribution in [0.1, 0.15) is 80.7 Å². The molecule has 3 heterocycles. The highest BCUT2D eigenvalue weighted by Gasteiger charge is 2.49. The van der Waals surface area contributed by atoms with Crippen molar-refractivity contribution < 1.29 is 28.5 Å². The van der Waals surface area contributed by atoms with E-state index in [-0.39, 0.29) is 23.9 Å². The monoisotopic (exact) mass is 540 g/mol. The Hall–Kier alpha value is -3.40. The topological polar surface area (TPSA) is 100 Å². The zero-order valence-electron chi connectivity index (χ0n) is 22.2. The van der Waals surface area contributed by atoms with E-state index in [0.29, 0.717) is 50.4 Å². The summed E-state index contributed by atoms with van der Waals surface area (Å²) in [6.07, 6.45) is 3.05. The van der Waals surface area contributed by atoms with E-state index in [1.807, 2.05) is 36.4 Å². The Kier molecular flexibility index (Phi) is 6.33. The van der Waals surface area contributed by atoms with Crippen LogP contribution in [0.15, 0.2) is 72.8 Å². The first-order valence-electron chi connectivity index (χ1n) is 14.0. The van der Waals surface area contributed by atoms with Crippen LogP contribution in [0.3, 0.4) is 0 Å². The Bertz CT molecular complexity index is 1420. The SMILES string of the molecule is NC1CCC2(OCCO2)c2ccccc21.O=C1c2ccccc2C(=O)N1C1CCC2(OCCO2)c2ccccc21. The molecule has 2 aliphatic carbocycles. The molecule has 40 heavy (non-hydrogen) atoms. The van der Waals surface area contributed by atoms with Crippen molar-refractivity contribution >= 4 is 11.8 Å². The first-order chi connectivity index (χ1) is 19.5. The van der Waals surface area contributed by atoms with Gasteiger partial charge in [-0.25, -0.2) is 0 Å². The van der Waals surface area contributed by atoms with Gasteiger partial charge in [-0.05, 0) is 36.1 Å². The number of nitrogens with two attached hydrogens (primary N) is 1. The molecule has 0 saturated carbocycles. The lowest BCUT2D eigenvalue weighted by Gasteiger charge is -2.40. The Balaban J connectivity index is 0.000000150. The Morgan fingerprint density at radius 1 is 0.625 bits per heavy atom. The highest BCUT2D eigenvalue weighted by atomic mass is 16.7. The second kappa shape index (κ2) is 9.90. The van der Waals surface area contributed by atoms with Gasteiger partial charge in [0.1, 0.15) is 0 Å². The Morgan fingerprint density at radius 2 is 1.07 bits per heavy atom. The summed E-state index contributed by atoms with van der Waals surface area (Å²) in [6.45, 7) is 2.49. The predicted octanol–water partition coefficient (Wildman–Crippen LogP) is 4.70. The van der Waals surface area contributed by atoms with Crippen LogP contribution in [0.25, 0.3) is 0 Å². The molecule has 8 heteroatoms. The molecule has 2 amide bonds. The Labute approximate surface area is 233 Å². The molecule has 8 nitrogen and oxygen atoms in total. The standard InChI is InChI=1S/C20H17NO4.C12H15NO2/c22-18-13-5-1-2-6-14(13)19(23)21(18)17-9-10-20(24-11-12-25-20)16-8-4-3-7-15(16)17;13-11-5-6-12(14-7-8-15-12)10-4-2-1-3-9(10)11/h1-8,17H,9-12H2;1-4,11H,5-8,13H2. The van der Waals surface area contributed by atoms with Crippen molar-refractivity contribution in [2.75, 3.05) is 26.4 Å². The van der Waals surface area contributed by atoms with Gasteiger partial charge in [0.2, 0.25) is 0 Å². The lowest BCUT2D eigenvalue weighted by molar-refractivity contribution is -0.179. The lowest BCUT2D eigenvalue weighted by atomic mass is 9.82. The molecule has 2 fully saturated rings. The molecule has 2 unspecified atom stereocenters. The van der Waals surface area contributed by atoms with E-state index in [1.54, 1.807) is 24.3 Å². The van der Waals surface area contributed by atoms with Crippen molar-refractivity contribution in [3.05, 3.63) is 106 Å². The zero-order chi connectivity index (χ0) is 27.3. The minimum atomic E-state index is -0.730. The zero-order valence-corrected chi connectivity index (χ0v) is 22.2. The molecule has 8 rings (SSSR count). The Morgan fingerprint density at radius 3 is 1.65 bits per heavy atom. The summed E-state index contributed by atoms with van der Waals surface area (Å²) in [5.74, 6) is -1.66. The first kappa shape index (κ1) is 25.6. The second-order valence-electron chi connectivity index (χ2n) is 10.8. The van der Waals surface area contributed by atoms with Gasteiger partial charge in [-0.1, -0.05) is 60.7 Å². The van der Waals surface area contributed by atoms with Crippen molar-refractivity contribution in [2.45, 2.75) is 49.3 Å². The fraction of sp³-hybridized carbons (Fsp3) is 0.375. The van der Waals surface area contributed by atoms with Gasteiger partial charge >= 0.3 is 0 Å². The number of carbonyl (C=O) groups excluding carboxylic acids is 2. The van der Waals surface area contributed by atoms with Crippen molar-refractivity contribution in [3.8, 4) is 0 Å². The highest BCUT2D eigenvalue weighted by molar-refractivity contribution is 6.21. The third kappa shape index (κ3) is 3.94. The maximum Gasteiger partial charge on any atom is 0.262 e. The fourth-order valence-electron chi connectivity index (χ4n) is 6.82. The van der Waals surface area contributed by atoms with Crippen molar-refractivity contribution in [3.63, 3.8) is 0 Å². The maximum absolute atomic E-state index is 12.9. The van der Waals surface area contributed by atoms with Gasteiger partial charge in [0.25, 0.3) is 11.8 Å². The smallest absolute Gasteiger partial charge is 0.262 e. The number of ether oxygens (including phenoxy) is 4. The van der Waals surface area contributed by atoms with Crippen molar-refractivity contribution in [1.29, 1.82) is 0 Å². The van der Waals surface area contributed by atoms with Gasteiger partial charge in [-0.2, -0.15) is 0 Å². The van der Waals surface area contributed by atoms with Gasteiger partial charge in [0, 0.05) is 30.0 Å². The molecule has 0 aromatic heterocycles. The number of hydrogen-bond acceptors (Lipinski definition) is 7. The van der Waals surface area contributed by atoms with Crippen LogP contribution in [-0.4, -0.2) is 43.1 Å². The molecular formula is C32H32N2O6. The summed E-state index contributed by atoms with van der Waals surface area (Å²) in [6, 6.07) is 22.8. The molecule has 3 aromatic rings. The quantitative estimate of drug-likeness (QED) is 0.447. The number of amides is 2. The minimum absolute atomic E-state index is 0.125. The number of fused-ring (bicyclic) bond motifs is 5. The summed E-state index contributed by atoms with van der Waals surface area (Å²) < 4.78 is 23.4. The van der Waals surface area contributed by atoms with Crippen molar-refractivity contribution in [2.24, 2.45) is 5.73 Å². The maximum atomic E-state index is 12.9. The molecule has 206 valence electrons. The average Bonchev–Trinajstić information content (AvgIpc) is 3.73. The average molecular weight is 541 g/mol. The third-order valence-electron chi connectivity index (χ3n) is 8.68. The molecule has 5 aliphatic rings. The summed E-state index contributed by atoms with van der Waals surface area (Å²) >= 11 is 0. The van der Waals surface area contributed by atoms with Crippen molar-refractivity contribution in [1.82, 2.24) is 4.90 Å². The number of benzene rings is 3. The molecule has 3 aromatic carbocycles. The molecular weight excluding hydrogens is 508 g/mol. The van der Waals surface area contributed by atoms with Crippen LogP contribution in [-0.2, 0) is 30.5 Å². The first-order valence-corrected chi connectivity index (χ1v) is 14.0. The van der Waals surface area contributed by atoms with Gasteiger partial charge < -0.3 is 24.7 Å². The lowest BCUT2D eigenvalue weighted by Crippen LogP contribution is -2.41. The van der Waals surface area contributed by atoms with Gasteiger partial charge in [-0.3, -0.25) is 14.5 Å². The van der Waals surface area contributed by atoms with E-state index in [2.05, 4.69) is 12.1 Å². The van der Waals surface area contributed by atoms with E-state index in [0.717, 1.165) is 29.5 Å². The summed E-state index contributed by atoms with van der Waals surface area (Å²) in [5.41, 5.74) is 11.2. The normalized spacial score (nSPS) is 25.4. The molecule has 2 spiro atoms. The number of imide groups is 1. The number of carbonyl (C=O) groups is 2. The fourth-order valence-corrected chi connectivity index (χ4v) is 6.82. The van der Waals surface area contributed by atoms with Crippen LogP contribution in [0.5, 0.6) is 0 Å². The number of rotatable bonds is 1. The van der Waals surface area contributed by atoms with E-state index < -0.39 is 11.6 Å². The van der Waals surface area contributed by atoms with Gasteiger partial charge in [0.05, 0.1) is 43.6 Å². The minimum Gasteiger partial charge on any atom is -0.343 e. The predicted molar refractivity (Wildman–Crippen MR) is 145 cm³/mol. The largest absolute Gasteiger partial charge is 0.343 e. The van der Waals surface area contributed by atoms with Gasteiger partial charge in [0.15, 0.2) is 11.6 Å². The number of hydrogen-bond donors (Lipinski definition) is 1. The molecule has 2 saturated heterocycles. The molecule has 0 bridgehead atoms. The van der Waals surface area contributed by atoms with Crippen LogP contribution < -0.4 is 5.73 Å². The molecule has 2 N–H and O–H groups in total. The van der Waals surface area contributed by atoms with Crippen LogP contribution >= 0.6 is 0 Å². The van der Waals surface area contributed by atoms with E-state index in [9.17, 15) is 9.59 Å². The molecule has 3 aliphatic heterocycles. The van der Waals surface area contributed by atoms with E-state index >= 15 is 0 Å². The van der Waals surface area contributed by atoms with E-state index in [1.165, 1.54) is 10.5 Å². The summed E-state index contributed by atoms with van der Waals surface area (Å²) in [4.78, 5) is 27.2. The van der Waals surface area contributed by atoms with Crippen LogP contribution in [0, 0.1) is 0 Å². The molecule has 0 radical (unpaired) electrons. The summed E-state index contributed by atoms with van der Waals surface area (Å²) in [5, 5.41) is 0. The second-order valence-corrected chi connectivity index (χ2v) is 10.8. The summed E-state index contributed by atoms with van der Waals surface area (Å²) in [7, 11) is 0.